The van der Waals surface area contributed by atoms with Gasteiger partial charge in [-0.15, -0.1) is 0 Å². The molecule has 186 valence electrons. The standard InChI is InChI=1S/C32H37N3O/c36-31-32(35(28-16-8-3-9-17-28)25-34(31)24-26-12-4-1-5-13-26)20-22-33(23-21-32)30-19-11-10-18-29(30)27-14-6-2-7-15-27/h1-9,12-17,29-30H,10-11,18-25H2. The van der Waals surface area contributed by atoms with Crippen LogP contribution in [0.2, 0.25) is 0 Å². The monoisotopic (exact) mass is 479 g/mol. The highest BCUT2D eigenvalue weighted by molar-refractivity contribution is 5.93. The number of amides is 1. The summed E-state index contributed by atoms with van der Waals surface area (Å²) < 4.78 is 0. The number of piperidine rings is 1. The van der Waals surface area contributed by atoms with Crippen LogP contribution in [0.3, 0.4) is 0 Å². The molecule has 1 aliphatic carbocycles. The fourth-order valence-corrected chi connectivity index (χ4v) is 6.99. The van der Waals surface area contributed by atoms with Crippen LogP contribution in [-0.2, 0) is 11.3 Å². The van der Waals surface area contributed by atoms with Crippen molar-refractivity contribution in [1.29, 1.82) is 0 Å². The molecule has 3 aromatic carbocycles. The second-order valence-electron chi connectivity index (χ2n) is 10.8. The number of para-hydroxylation sites is 1. The average molecular weight is 480 g/mol. The molecule has 4 nitrogen and oxygen atoms in total. The molecule has 4 heteroatoms. The third kappa shape index (κ3) is 4.32. The summed E-state index contributed by atoms with van der Waals surface area (Å²) in [7, 11) is 0. The van der Waals surface area contributed by atoms with Gasteiger partial charge in [0.05, 0.1) is 6.67 Å². The number of anilines is 1. The molecule has 0 N–H and O–H groups in total. The molecular weight excluding hydrogens is 442 g/mol. The molecule has 2 aliphatic heterocycles. The first kappa shape index (κ1) is 23.3. The van der Waals surface area contributed by atoms with Crippen LogP contribution in [0.4, 0.5) is 5.69 Å². The number of hydrogen-bond donors (Lipinski definition) is 0. The van der Waals surface area contributed by atoms with Gasteiger partial charge in [0.1, 0.15) is 5.54 Å². The minimum atomic E-state index is -0.441. The van der Waals surface area contributed by atoms with E-state index in [-0.39, 0.29) is 0 Å². The van der Waals surface area contributed by atoms with E-state index < -0.39 is 5.54 Å². The van der Waals surface area contributed by atoms with Crippen molar-refractivity contribution < 1.29 is 4.79 Å². The summed E-state index contributed by atoms with van der Waals surface area (Å²) in [4.78, 5) is 21.3. The van der Waals surface area contributed by atoms with E-state index in [1.54, 1.807) is 0 Å². The third-order valence-corrected chi connectivity index (χ3v) is 8.85. The molecule has 0 radical (unpaired) electrons. The van der Waals surface area contributed by atoms with Crippen molar-refractivity contribution in [2.24, 2.45) is 0 Å². The van der Waals surface area contributed by atoms with Crippen LogP contribution in [0, 0.1) is 0 Å². The van der Waals surface area contributed by atoms with Crippen LogP contribution in [0.25, 0.3) is 0 Å². The molecular formula is C32H37N3O. The number of rotatable bonds is 5. The summed E-state index contributed by atoms with van der Waals surface area (Å²) in [5, 5.41) is 0. The smallest absolute Gasteiger partial charge is 0.250 e. The van der Waals surface area contributed by atoms with Gasteiger partial charge in [-0.1, -0.05) is 91.7 Å². The molecule has 2 unspecified atom stereocenters. The summed E-state index contributed by atoms with van der Waals surface area (Å²) >= 11 is 0. The first-order valence-electron chi connectivity index (χ1n) is 13.7. The van der Waals surface area contributed by atoms with Gasteiger partial charge in [-0.25, -0.2) is 0 Å². The first-order valence-corrected chi connectivity index (χ1v) is 13.7. The fourth-order valence-electron chi connectivity index (χ4n) is 6.99. The second kappa shape index (κ2) is 10.1. The lowest BCUT2D eigenvalue weighted by molar-refractivity contribution is -0.134. The van der Waals surface area contributed by atoms with Crippen LogP contribution < -0.4 is 4.90 Å². The van der Waals surface area contributed by atoms with Crippen LogP contribution in [0.1, 0.15) is 55.6 Å². The lowest BCUT2D eigenvalue weighted by Gasteiger charge is -2.48. The van der Waals surface area contributed by atoms with Crippen molar-refractivity contribution in [3.63, 3.8) is 0 Å². The highest BCUT2D eigenvalue weighted by Crippen LogP contribution is 2.43. The zero-order valence-corrected chi connectivity index (χ0v) is 21.1. The van der Waals surface area contributed by atoms with Crippen molar-refractivity contribution in [2.75, 3.05) is 24.7 Å². The molecule has 3 fully saturated rings. The summed E-state index contributed by atoms with van der Waals surface area (Å²) in [6.45, 7) is 3.31. The number of nitrogens with zero attached hydrogens (tertiary/aromatic N) is 3. The Morgan fingerprint density at radius 3 is 2.06 bits per heavy atom. The zero-order valence-electron chi connectivity index (χ0n) is 21.1. The maximum atomic E-state index is 14.1. The molecule has 2 atom stereocenters. The number of carbonyl (C=O) groups is 1. The van der Waals surface area contributed by atoms with Crippen LogP contribution in [0.15, 0.2) is 91.0 Å². The SMILES string of the molecule is O=C1N(Cc2ccccc2)CN(c2ccccc2)C12CCN(C1CCCCC1c1ccccc1)CC2. The molecule has 0 aromatic heterocycles. The van der Waals surface area contributed by atoms with Gasteiger partial charge in [0.2, 0.25) is 5.91 Å². The Morgan fingerprint density at radius 2 is 1.36 bits per heavy atom. The Balaban J connectivity index is 1.24. The first-order chi connectivity index (χ1) is 17.7. The van der Waals surface area contributed by atoms with E-state index in [4.69, 9.17) is 0 Å². The van der Waals surface area contributed by atoms with Crippen molar-refractivity contribution in [2.45, 2.75) is 62.6 Å². The maximum Gasteiger partial charge on any atom is 0.250 e. The van der Waals surface area contributed by atoms with Crippen molar-refractivity contribution >= 4 is 11.6 Å². The quantitative estimate of drug-likeness (QED) is 0.445. The Hall–Kier alpha value is -3.11. The molecule has 2 saturated heterocycles. The van der Waals surface area contributed by atoms with Crippen LogP contribution in [-0.4, -0.2) is 47.0 Å². The van der Waals surface area contributed by atoms with Gasteiger partial charge in [-0.2, -0.15) is 0 Å². The largest absolute Gasteiger partial charge is 0.339 e. The van der Waals surface area contributed by atoms with Crippen LogP contribution >= 0.6 is 0 Å². The van der Waals surface area contributed by atoms with Crippen molar-refractivity contribution in [3.05, 3.63) is 102 Å². The summed E-state index contributed by atoms with van der Waals surface area (Å²) in [5.41, 5.74) is 3.40. The van der Waals surface area contributed by atoms with Gasteiger partial charge in [-0.3, -0.25) is 9.69 Å². The topological polar surface area (TPSA) is 26.8 Å². The highest BCUT2D eigenvalue weighted by atomic mass is 16.2. The van der Waals surface area contributed by atoms with Crippen molar-refractivity contribution in [3.8, 4) is 0 Å². The molecule has 2 heterocycles. The molecule has 36 heavy (non-hydrogen) atoms. The van der Waals surface area contributed by atoms with Gasteiger partial charge in [0.25, 0.3) is 0 Å². The summed E-state index contributed by atoms with van der Waals surface area (Å²) in [6, 6.07) is 32.7. The zero-order chi connectivity index (χ0) is 24.4. The van der Waals surface area contributed by atoms with E-state index in [1.165, 1.54) is 36.8 Å². The Labute approximate surface area is 215 Å². The van der Waals surface area contributed by atoms with Crippen molar-refractivity contribution in [1.82, 2.24) is 9.80 Å². The van der Waals surface area contributed by atoms with Gasteiger partial charge in [0, 0.05) is 31.4 Å². The fraction of sp³-hybridized carbons (Fsp3) is 0.406. The normalized spacial score (nSPS) is 24.4. The molecule has 0 bridgehead atoms. The second-order valence-corrected chi connectivity index (χ2v) is 10.8. The number of carbonyl (C=O) groups excluding carboxylic acids is 1. The Kier molecular flexibility index (Phi) is 6.54. The van der Waals surface area contributed by atoms with E-state index in [2.05, 4.69) is 99.6 Å². The van der Waals surface area contributed by atoms with Gasteiger partial charge in [0.15, 0.2) is 0 Å². The highest BCUT2D eigenvalue weighted by Gasteiger charge is 2.54. The Morgan fingerprint density at radius 1 is 0.750 bits per heavy atom. The van der Waals surface area contributed by atoms with Gasteiger partial charge < -0.3 is 9.80 Å². The molecule has 3 aromatic rings. The van der Waals surface area contributed by atoms with Crippen LogP contribution in [0.5, 0.6) is 0 Å². The molecule has 1 saturated carbocycles. The predicted octanol–water partition coefficient (Wildman–Crippen LogP) is 6.05. The lowest BCUT2D eigenvalue weighted by Crippen LogP contribution is -2.58. The molecule has 6 rings (SSSR count). The number of benzene rings is 3. The Bertz CT molecular complexity index is 1140. The van der Waals surface area contributed by atoms with E-state index in [1.807, 2.05) is 6.07 Å². The molecule has 3 aliphatic rings. The molecule has 1 spiro atoms. The van der Waals surface area contributed by atoms with Gasteiger partial charge >= 0.3 is 0 Å². The predicted molar refractivity (Wildman–Crippen MR) is 146 cm³/mol. The summed E-state index contributed by atoms with van der Waals surface area (Å²) in [5.74, 6) is 0.909. The van der Waals surface area contributed by atoms with E-state index in [0.717, 1.165) is 31.6 Å². The third-order valence-electron chi connectivity index (χ3n) is 8.85. The number of hydrogen-bond acceptors (Lipinski definition) is 3. The minimum Gasteiger partial charge on any atom is -0.339 e. The van der Waals surface area contributed by atoms with Gasteiger partial charge in [-0.05, 0) is 54.9 Å². The number of likely N-dealkylation sites (tertiary alicyclic amines) is 1. The van der Waals surface area contributed by atoms with E-state index in [0.29, 0.717) is 31.1 Å². The average Bonchev–Trinajstić information content (AvgIpc) is 3.21. The minimum absolute atomic E-state index is 0.304. The van der Waals surface area contributed by atoms with E-state index >= 15 is 0 Å². The summed E-state index contributed by atoms with van der Waals surface area (Å²) in [6.07, 6.45) is 6.96. The maximum absolute atomic E-state index is 14.1. The molecule has 1 amide bonds. The van der Waals surface area contributed by atoms with E-state index in [9.17, 15) is 4.79 Å². The lowest BCUT2D eigenvalue weighted by atomic mass is 9.77.